The van der Waals surface area contributed by atoms with E-state index in [9.17, 15) is 9.59 Å². The van der Waals surface area contributed by atoms with Gasteiger partial charge in [-0.3, -0.25) is 9.59 Å². The highest BCUT2D eigenvalue weighted by Crippen LogP contribution is 2.20. The zero-order valence-corrected chi connectivity index (χ0v) is 18.7. The molecule has 0 aliphatic heterocycles. The highest BCUT2D eigenvalue weighted by molar-refractivity contribution is 6.30. The fraction of sp³-hybridized carbons (Fsp3) is 0.417. The van der Waals surface area contributed by atoms with E-state index < -0.39 is 6.04 Å². The first-order chi connectivity index (χ1) is 15.0. The van der Waals surface area contributed by atoms with Gasteiger partial charge in [-0.25, -0.2) is 0 Å². The topological polar surface area (TPSA) is 67.9 Å². The standard InChI is InChI=1S/C24H29ClN2O4/c1-17(24(29)26-20-7-3-4-8-20)27(15-18-6-5-9-22(14-18)30-2)23(28)16-31-21-12-10-19(25)11-13-21/h5-6,9-14,17,20H,3-4,7-8,15-16H2,1-2H3,(H,26,29)/t17-/m1/s1. The number of rotatable bonds is 9. The number of benzene rings is 2. The number of hydrogen-bond acceptors (Lipinski definition) is 4. The summed E-state index contributed by atoms with van der Waals surface area (Å²) < 4.78 is 10.9. The summed E-state index contributed by atoms with van der Waals surface area (Å²) in [6.07, 6.45) is 4.23. The van der Waals surface area contributed by atoms with E-state index >= 15 is 0 Å². The fourth-order valence-corrected chi connectivity index (χ4v) is 3.83. The Hall–Kier alpha value is -2.73. The molecule has 0 radical (unpaired) electrons. The normalized spacial score (nSPS) is 14.7. The molecule has 0 saturated heterocycles. The van der Waals surface area contributed by atoms with Gasteiger partial charge >= 0.3 is 0 Å². The maximum Gasteiger partial charge on any atom is 0.261 e. The Kier molecular flexibility index (Phi) is 8.18. The first-order valence-electron chi connectivity index (χ1n) is 10.6. The Labute approximate surface area is 188 Å². The van der Waals surface area contributed by atoms with Crippen molar-refractivity contribution in [3.8, 4) is 11.5 Å². The van der Waals surface area contributed by atoms with Gasteiger partial charge in [-0.15, -0.1) is 0 Å². The number of amides is 2. The zero-order valence-electron chi connectivity index (χ0n) is 18.0. The summed E-state index contributed by atoms with van der Waals surface area (Å²) in [7, 11) is 1.60. The molecule has 1 aliphatic rings. The van der Waals surface area contributed by atoms with Gasteiger partial charge in [0.05, 0.1) is 7.11 Å². The van der Waals surface area contributed by atoms with Gasteiger partial charge in [0.1, 0.15) is 17.5 Å². The number of methoxy groups -OCH3 is 1. The first-order valence-corrected chi connectivity index (χ1v) is 10.9. The van der Waals surface area contributed by atoms with E-state index in [0.29, 0.717) is 16.5 Å². The summed E-state index contributed by atoms with van der Waals surface area (Å²) in [4.78, 5) is 27.5. The van der Waals surface area contributed by atoms with Gasteiger partial charge in [0.15, 0.2) is 6.61 Å². The van der Waals surface area contributed by atoms with Gasteiger partial charge in [-0.2, -0.15) is 0 Å². The van der Waals surface area contributed by atoms with E-state index in [2.05, 4.69) is 5.32 Å². The molecule has 3 rings (SSSR count). The van der Waals surface area contributed by atoms with Crippen LogP contribution in [0.2, 0.25) is 5.02 Å². The number of nitrogens with zero attached hydrogens (tertiary/aromatic N) is 1. The van der Waals surface area contributed by atoms with Gasteiger partial charge in [-0.05, 0) is 61.7 Å². The number of hydrogen-bond donors (Lipinski definition) is 1. The van der Waals surface area contributed by atoms with Crippen molar-refractivity contribution in [2.24, 2.45) is 0 Å². The maximum absolute atomic E-state index is 13.1. The van der Waals surface area contributed by atoms with Gasteiger partial charge in [0.25, 0.3) is 5.91 Å². The largest absolute Gasteiger partial charge is 0.497 e. The maximum atomic E-state index is 13.1. The molecule has 1 atom stereocenters. The van der Waals surface area contributed by atoms with Crippen LogP contribution in [0.5, 0.6) is 11.5 Å². The average molecular weight is 445 g/mol. The van der Waals surface area contributed by atoms with Crippen molar-refractivity contribution in [1.29, 1.82) is 0 Å². The summed E-state index contributed by atoms with van der Waals surface area (Å²) >= 11 is 5.90. The minimum Gasteiger partial charge on any atom is -0.497 e. The van der Waals surface area contributed by atoms with E-state index in [1.54, 1.807) is 43.2 Å². The molecule has 0 unspecified atom stereocenters. The van der Waals surface area contributed by atoms with Crippen LogP contribution >= 0.6 is 11.6 Å². The number of nitrogens with one attached hydrogen (secondary N) is 1. The van der Waals surface area contributed by atoms with Crippen LogP contribution in [0.25, 0.3) is 0 Å². The lowest BCUT2D eigenvalue weighted by molar-refractivity contribution is -0.142. The Bertz CT molecular complexity index is 881. The molecule has 2 amide bonds. The quantitative estimate of drug-likeness (QED) is 0.629. The van der Waals surface area contributed by atoms with Crippen molar-refractivity contribution in [2.75, 3.05) is 13.7 Å². The van der Waals surface area contributed by atoms with Crippen molar-refractivity contribution < 1.29 is 19.1 Å². The molecule has 1 N–H and O–H groups in total. The zero-order chi connectivity index (χ0) is 22.2. The molecule has 7 heteroatoms. The van der Waals surface area contributed by atoms with E-state index in [0.717, 1.165) is 31.2 Å². The molecule has 0 spiro atoms. The van der Waals surface area contributed by atoms with Crippen molar-refractivity contribution in [2.45, 2.75) is 51.2 Å². The van der Waals surface area contributed by atoms with E-state index in [4.69, 9.17) is 21.1 Å². The van der Waals surface area contributed by atoms with Crippen molar-refractivity contribution in [1.82, 2.24) is 10.2 Å². The third-order valence-corrected chi connectivity index (χ3v) is 5.78. The Morgan fingerprint density at radius 3 is 2.52 bits per heavy atom. The molecule has 31 heavy (non-hydrogen) atoms. The monoisotopic (exact) mass is 444 g/mol. The van der Waals surface area contributed by atoms with Crippen LogP contribution in [0.15, 0.2) is 48.5 Å². The van der Waals surface area contributed by atoms with Gasteiger partial charge in [-0.1, -0.05) is 36.6 Å². The van der Waals surface area contributed by atoms with Crippen molar-refractivity contribution in [3.05, 3.63) is 59.1 Å². The van der Waals surface area contributed by atoms with Crippen LogP contribution in [0.1, 0.15) is 38.2 Å². The molecule has 0 aromatic heterocycles. The van der Waals surface area contributed by atoms with Crippen LogP contribution in [0, 0.1) is 0 Å². The first kappa shape index (κ1) is 22.9. The highest BCUT2D eigenvalue weighted by atomic mass is 35.5. The second-order valence-corrected chi connectivity index (χ2v) is 8.22. The van der Waals surface area contributed by atoms with Crippen molar-refractivity contribution >= 4 is 23.4 Å². The predicted octanol–water partition coefficient (Wildman–Crippen LogP) is 4.20. The molecule has 1 fully saturated rings. The molecule has 2 aromatic rings. The second kappa shape index (κ2) is 11.0. The molecule has 166 valence electrons. The molecule has 0 bridgehead atoms. The summed E-state index contributed by atoms with van der Waals surface area (Å²) in [6.45, 7) is 1.86. The average Bonchev–Trinajstić information content (AvgIpc) is 3.29. The summed E-state index contributed by atoms with van der Waals surface area (Å²) in [5.41, 5.74) is 0.875. The lowest BCUT2D eigenvalue weighted by Gasteiger charge is -2.29. The van der Waals surface area contributed by atoms with E-state index in [1.165, 1.54) is 0 Å². The van der Waals surface area contributed by atoms with Gasteiger partial charge < -0.3 is 19.7 Å². The Balaban J connectivity index is 1.72. The third-order valence-electron chi connectivity index (χ3n) is 5.53. The molecule has 1 saturated carbocycles. The molecular weight excluding hydrogens is 416 g/mol. The molecule has 1 aliphatic carbocycles. The lowest BCUT2D eigenvalue weighted by Crippen LogP contribution is -2.50. The fourth-order valence-electron chi connectivity index (χ4n) is 3.70. The van der Waals surface area contributed by atoms with Crippen LogP contribution in [0.4, 0.5) is 0 Å². The molecular formula is C24H29ClN2O4. The Morgan fingerprint density at radius 1 is 1.13 bits per heavy atom. The Morgan fingerprint density at radius 2 is 1.84 bits per heavy atom. The summed E-state index contributed by atoms with van der Waals surface area (Å²) in [6, 6.07) is 13.9. The lowest BCUT2D eigenvalue weighted by atomic mass is 10.1. The van der Waals surface area contributed by atoms with Crippen LogP contribution in [-0.4, -0.2) is 42.5 Å². The predicted molar refractivity (Wildman–Crippen MR) is 120 cm³/mol. The van der Waals surface area contributed by atoms with Gasteiger partial charge in [0, 0.05) is 17.6 Å². The highest BCUT2D eigenvalue weighted by Gasteiger charge is 2.28. The van der Waals surface area contributed by atoms with Crippen LogP contribution in [-0.2, 0) is 16.1 Å². The number of ether oxygens (including phenoxy) is 2. The van der Waals surface area contributed by atoms with Crippen LogP contribution in [0.3, 0.4) is 0 Å². The summed E-state index contributed by atoms with van der Waals surface area (Å²) in [5.74, 6) is 0.828. The molecule has 0 heterocycles. The number of carbonyl (C=O) groups is 2. The van der Waals surface area contributed by atoms with Gasteiger partial charge in [0.2, 0.25) is 5.91 Å². The number of halogens is 1. The second-order valence-electron chi connectivity index (χ2n) is 7.78. The van der Waals surface area contributed by atoms with E-state index in [-0.39, 0.29) is 31.0 Å². The number of carbonyl (C=O) groups excluding carboxylic acids is 2. The van der Waals surface area contributed by atoms with E-state index in [1.807, 2.05) is 24.3 Å². The molecule has 2 aromatic carbocycles. The van der Waals surface area contributed by atoms with Crippen molar-refractivity contribution in [3.63, 3.8) is 0 Å². The minimum absolute atomic E-state index is 0.144. The smallest absolute Gasteiger partial charge is 0.261 e. The summed E-state index contributed by atoms with van der Waals surface area (Å²) in [5, 5.41) is 3.68. The van der Waals surface area contributed by atoms with Crippen LogP contribution < -0.4 is 14.8 Å². The molecule has 6 nitrogen and oxygen atoms in total. The SMILES string of the molecule is COc1cccc(CN(C(=O)COc2ccc(Cl)cc2)[C@H](C)C(=O)NC2CCCC2)c1. The third kappa shape index (κ3) is 6.62. The minimum atomic E-state index is -0.631.